The van der Waals surface area contributed by atoms with Crippen molar-refractivity contribution in [3.8, 4) is 0 Å². The number of carbonyl (C=O) groups is 1. The third-order valence-electron chi connectivity index (χ3n) is 3.64. The van der Waals surface area contributed by atoms with Gasteiger partial charge in [0.25, 0.3) is 5.69 Å². The van der Waals surface area contributed by atoms with Gasteiger partial charge in [0, 0.05) is 30.9 Å². The molecular weight excluding hydrogens is 318 g/mol. The molecule has 0 saturated carbocycles. The van der Waals surface area contributed by atoms with Gasteiger partial charge in [0.2, 0.25) is 5.91 Å². The minimum atomic E-state index is -0.400. The van der Waals surface area contributed by atoms with Crippen molar-refractivity contribution in [2.45, 2.75) is 26.8 Å². The average Bonchev–Trinajstić information content (AvgIpc) is 2.59. The lowest BCUT2D eigenvalue weighted by Gasteiger charge is -2.09. The van der Waals surface area contributed by atoms with Crippen LogP contribution in [0.25, 0.3) is 0 Å². The van der Waals surface area contributed by atoms with Gasteiger partial charge in [-0.1, -0.05) is 38.1 Å². The Bertz CT molecular complexity index is 727. The van der Waals surface area contributed by atoms with E-state index in [2.05, 4.69) is 24.5 Å². The van der Waals surface area contributed by atoms with Crippen LogP contribution in [0, 0.1) is 16.0 Å². The third-order valence-corrected chi connectivity index (χ3v) is 3.64. The zero-order valence-corrected chi connectivity index (χ0v) is 14.5. The maximum Gasteiger partial charge on any atom is 0.269 e. The Labute approximate surface area is 147 Å². The van der Waals surface area contributed by atoms with Crippen molar-refractivity contribution >= 4 is 17.3 Å². The van der Waals surface area contributed by atoms with E-state index in [0.717, 1.165) is 16.8 Å². The van der Waals surface area contributed by atoms with E-state index in [1.165, 1.54) is 6.07 Å². The molecule has 0 aliphatic rings. The standard InChI is InChI=1S/C19H23N3O3/c1-14(2)12-21-19(23)11-15-6-8-17(9-7-15)20-13-16-4-3-5-18(10-16)22(24)25/h3-10,14,20H,11-13H2,1-2H3,(H,21,23). The van der Waals surface area contributed by atoms with E-state index in [1.54, 1.807) is 12.1 Å². The fraction of sp³-hybridized carbons (Fsp3) is 0.316. The summed E-state index contributed by atoms with van der Waals surface area (Å²) in [5.74, 6) is 0.454. The summed E-state index contributed by atoms with van der Waals surface area (Å²) in [4.78, 5) is 22.2. The molecule has 2 aromatic carbocycles. The van der Waals surface area contributed by atoms with E-state index in [-0.39, 0.29) is 11.6 Å². The number of benzene rings is 2. The minimum absolute atomic E-state index is 0.0194. The molecule has 0 spiro atoms. The summed E-state index contributed by atoms with van der Waals surface area (Å²) in [5.41, 5.74) is 2.77. The number of nitro benzene ring substituents is 1. The lowest BCUT2D eigenvalue weighted by Crippen LogP contribution is -2.28. The first-order valence-corrected chi connectivity index (χ1v) is 8.27. The highest BCUT2D eigenvalue weighted by Gasteiger charge is 2.06. The predicted octanol–water partition coefficient (Wildman–Crippen LogP) is 3.52. The number of carbonyl (C=O) groups excluding carboxylic acids is 1. The van der Waals surface area contributed by atoms with Gasteiger partial charge in [-0.2, -0.15) is 0 Å². The highest BCUT2D eigenvalue weighted by molar-refractivity contribution is 5.78. The molecule has 0 heterocycles. The number of non-ortho nitro benzene ring substituents is 1. The topological polar surface area (TPSA) is 84.3 Å². The maximum absolute atomic E-state index is 11.8. The van der Waals surface area contributed by atoms with Gasteiger partial charge in [0.1, 0.15) is 0 Å². The van der Waals surface area contributed by atoms with Crippen molar-refractivity contribution in [1.82, 2.24) is 5.32 Å². The Morgan fingerprint density at radius 1 is 1.12 bits per heavy atom. The van der Waals surface area contributed by atoms with Gasteiger partial charge in [-0.15, -0.1) is 0 Å². The molecule has 6 nitrogen and oxygen atoms in total. The normalized spacial score (nSPS) is 10.5. The molecule has 0 unspecified atom stereocenters. The van der Waals surface area contributed by atoms with E-state index in [4.69, 9.17) is 0 Å². The predicted molar refractivity (Wildman–Crippen MR) is 98.4 cm³/mol. The highest BCUT2D eigenvalue weighted by atomic mass is 16.6. The molecule has 132 valence electrons. The van der Waals surface area contributed by atoms with Gasteiger partial charge in [-0.25, -0.2) is 0 Å². The third kappa shape index (κ3) is 6.25. The average molecular weight is 341 g/mol. The number of nitrogens with one attached hydrogen (secondary N) is 2. The number of anilines is 1. The molecule has 0 aromatic heterocycles. The monoisotopic (exact) mass is 341 g/mol. The molecule has 6 heteroatoms. The first-order valence-electron chi connectivity index (χ1n) is 8.27. The highest BCUT2D eigenvalue weighted by Crippen LogP contribution is 2.16. The van der Waals surface area contributed by atoms with Crippen molar-refractivity contribution < 1.29 is 9.72 Å². The Balaban J connectivity index is 1.87. The van der Waals surface area contributed by atoms with Gasteiger partial charge in [0.05, 0.1) is 11.3 Å². The van der Waals surface area contributed by atoms with Crippen LogP contribution in [0.1, 0.15) is 25.0 Å². The molecule has 2 rings (SSSR count). The van der Waals surface area contributed by atoms with Gasteiger partial charge in [0.15, 0.2) is 0 Å². The molecule has 0 atom stereocenters. The van der Waals surface area contributed by atoms with Crippen LogP contribution in [-0.4, -0.2) is 17.4 Å². The zero-order valence-electron chi connectivity index (χ0n) is 14.5. The largest absolute Gasteiger partial charge is 0.381 e. The molecule has 0 aliphatic carbocycles. The summed E-state index contributed by atoms with van der Waals surface area (Å²) in [6, 6.07) is 14.2. The van der Waals surface area contributed by atoms with Gasteiger partial charge in [-0.05, 0) is 29.2 Å². The van der Waals surface area contributed by atoms with E-state index in [1.807, 2.05) is 30.3 Å². The number of amides is 1. The number of nitro groups is 1. The van der Waals surface area contributed by atoms with E-state index >= 15 is 0 Å². The second-order valence-electron chi connectivity index (χ2n) is 6.35. The van der Waals surface area contributed by atoms with Crippen LogP contribution in [0.5, 0.6) is 0 Å². The van der Waals surface area contributed by atoms with Crippen LogP contribution < -0.4 is 10.6 Å². The second-order valence-corrected chi connectivity index (χ2v) is 6.35. The van der Waals surface area contributed by atoms with Crippen LogP contribution in [0.2, 0.25) is 0 Å². The first kappa shape index (κ1) is 18.4. The smallest absolute Gasteiger partial charge is 0.269 e. The maximum atomic E-state index is 11.8. The van der Waals surface area contributed by atoms with Crippen molar-refractivity contribution in [3.63, 3.8) is 0 Å². The first-order chi connectivity index (χ1) is 11.9. The minimum Gasteiger partial charge on any atom is -0.381 e. The van der Waals surface area contributed by atoms with Crippen LogP contribution in [0.15, 0.2) is 48.5 Å². The molecular formula is C19H23N3O3. The summed E-state index contributed by atoms with van der Waals surface area (Å²) in [6.07, 6.45) is 0.359. The lowest BCUT2D eigenvalue weighted by atomic mass is 10.1. The van der Waals surface area contributed by atoms with E-state index < -0.39 is 4.92 Å². The molecule has 0 saturated heterocycles. The van der Waals surface area contributed by atoms with E-state index in [9.17, 15) is 14.9 Å². The van der Waals surface area contributed by atoms with Crippen LogP contribution in [0.4, 0.5) is 11.4 Å². The van der Waals surface area contributed by atoms with Gasteiger partial charge < -0.3 is 10.6 Å². The lowest BCUT2D eigenvalue weighted by molar-refractivity contribution is -0.384. The Hall–Kier alpha value is -2.89. The fourth-order valence-electron chi connectivity index (χ4n) is 2.29. The molecule has 2 aromatic rings. The Kier molecular flexibility index (Phi) is 6.51. The molecule has 0 fully saturated rings. The molecule has 2 N–H and O–H groups in total. The number of hydrogen-bond acceptors (Lipinski definition) is 4. The Morgan fingerprint density at radius 3 is 2.48 bits per heavy atom. The molecule has 0 bridgehead atoms. The summed E-state index contributed by atoms with van der Waals surface area (Å²) < 4.78 is 0. The van der Waals surface area contributed by atoms with Crippen molar-refractivity contribution in [3.05, 3.63) is 69.8 Å². The quantitative estimate of drug-likeness (QED) is 0.568. The van der Waals surface area contributed by atoms with Crippen molar-refractivity contribution in [2.75, 3.05) is 11.9 Å². The summed E-state index contributed by atoms with van der Waals surface area (Å²) in [7, 11) is 0. The summed E-state index contributed by atoms with van der Waals surface area (Å²) in [5, 5.41) is 16.9. The number of nitrogens with zero attached hydrogens (tertiary/aromatic N) is 1. The number of hydrogen-bond donors (Lipinski definition) is 2. The molecule has 0 aliphatic heterocycles. The van der Waals surface area contributed by atoms with Crippen molar-refractivity contribution in [2.24, 2.45) is 5.92 Å². The Morgan fingerprint density at radius 2 is 1.84 bits per heavy atom. The molecule has 1 amide bonds. The molecule has 25 heavy (non-hydrogen) atoms. The fourth-order valence-corrected chi connectivity index (χ4v) is 2.29. The van der Waals surface area contributed by atoms with Crippen LogP contribution in [0.3, 0.4) is 0 Å². The second kappa shape index (κ2) is 8.82. The van der Waals surface area contributed by atoms with Crippen LogP contribution in [-0.2, 0) is 17.8 Å². The SMILES string of the molecule is CC(C)CNC(=O)Cc1ccc(NCc2cccc([N+](=O)[O-])c2)cc1. The summed E-state index contributed by atoms with van der Waals surface area (Å²) >= 11 is 0. The molecule has 0 radical (unpaired) electrons. The van der Waals surface area contributed by atoms with Crippen LogP contribution >= 0.6 is 0 Å². The van der Waals surface area contributed by atoms with Gasteiger partial charge >= 0.3 is 0 Å². The number of rotatable bonds is 8. The van der Waals surface area contributed by atoms with Crippen molar-refractivity contribution in [1.29, 1.82) is 0 Å². The van der Waals surface area contributed by atoms with Gasteiger partial charge in [-0.3, -0.25) is 14.9 Å². The summed E-state index contributed by atoms with van der Waals surface area (Å²) in [6.45, 7) is 5.29. The zero-order chi connectivity index (χ0) is 18.2. The van der Waals surface area contributed by atoms with E-state index in [0.29, 0.717) is 25.4 Å².